The molecule has 0 bridgehead atoms. The molecule has 0 aliphatic rings. The average molecular weight is 232 g/mol. The zero-order chi connectivity index (χ0) is 12.9. The molecule has 0 aromatic heterocycles. The van der Waals surface area contributed by atoms with Gasteiger partial charge in [-0.3, -0.25) is 0 Å². The molecule has 0 aliphatic heterocycles. The van der Waals surface area contributed by atoms with Crippen molar-refractivity contribution in [2.45, 2.75) is 38.6 Å². The van der Waals surface area contributed by atoms with Crippen LogP contribution < -0.4 is 10.5 Å². The van der Waals surface area contributed by atoms with Crippen molar-refractivity contribution in [3.63, 3.8) is 0 Å². The van der Waals surface area contributed by atoms with Gasteiger partial charge in [-0.25, -0.2) is 0 Å². The molecule has 0 saturated heterocycles. The molecule has 0 heterocycles. The second-order valence-electron chi connectivity index (χ2n) is 4.85. The molecule has 17 heavy (non-hydrogen) atoms. The topological polar surface area (TPSA) is 59.0 Å². The van der Waals surface area contributed by atoms with E-state index >= 15 is 0 Å². The van der Waals surface area contributed by atoms with Crippen LogP contribution in [-0.2, 0) is 0 Å². The molecule has 1 unspecified atom stereocenters. The van der Waals surface area contributed by atoms with E-state index in [1.807, 2.05) is 18.2 Å². The fourth-order valence-electron chi connectivity index (χ4n) is 1.39. The first-order valence-corrected chi connectivity index (χ1v) is 5.87. The molecule has 0 radical (unpaired) electrons. The second kappa shape index (κ2) is 5.70. The predicted octanol–water partition coefficient (Wildman–Crippen LogP) is 2.82. The van der Waals surface area contributed by atoms with Crippen LogP contribution in [0.4, 0.5) is 0 Å². The summed E-state index contributed by atoms with van der Waals surface area (Å²) in [4.78, 5) is 0. The molecular formula is C14H20N2O. The first-order valence-electron chi connectivity index (χ1n) is 5.87. The largest absolute Gasteiger partial charge is 0.493 e. The minimum atomic E-state index is -0.808. The van der Waals surface area contributed by atoms with Gasteiger partial charge in [0.15, 0.2) is 0 Å². The van der Waals surface area contributed by atoms with Crippen LogP contribution in [0.2, 0.25) is 0 Å². The second-order valence-corrected chi connectivity index (χ2v) is 4.85. The summed E-state index contributed by atoms with van der Waals surface area (Å²) >= 11 is 0. The van der Waals surface area contributed by atoms with Crippen molar-refractivity contribution < 1.29 is 4.74 Å². The Morgan fingerprint density at radius 3 is 2.41 bits per heavy atom. The summed E-state index contributed by atoms with van der Waals surface area (Å²) in [6.07, 6.45) is 0.523. The highest BCUT2D eigenvalue weighted by Gasteiger charge is 2.16. The lowest BCUT2D eigenvalue weighted by atomic mass is 10.0. The van der Waals surface area contributed by atoms with E-state index in [4.69, 9.17) is 15.7 Å². The summed E-state index contributed by atoms with van der Waals surface area (Å²) in [7, 11) is 0. The highest BCUT2D eigenvalue weighted by atomic mass is 16.5. The molecule has 1 atom stereocenters. The lowest BCUT2D eigenvalue weighted by Gasteiger charge is -2.15. The van der Waals surface area contributed by atoms with Gasteiger partial charge in [-0.1, -0.05) is 26.0 Å². The van der Waals surface area contributed by atoms with Gasteiger partial charge in [-0.05, 0) is 30.5 Å². The molecule has 0 amide bonds. The third-order valence-corrected chi connectivity index (χ3v) is 2.69. The molecule has 1 aromatic rings. The molecule has 0 spiro atoms. The Bertz CT molecular complexity index is 388. The number of ether oxygens (including phenoxy) is 1. The van der Waals surface area contributed by atoms with E-state index in [0.717, 1.165) is 5.75 Å². The van der Waals surface area contributed by atoms with Crippen LogP contribution in [-0.4, -0.2) is 12.1 Å². The predicted molar refractivity (Wildman–Crippen MR) is 68.8 cm³/mol. The van der Waals surface area contributed by atoms with E-state index in [2.05, 4.69) is 26.0 Å². The van der Waals surface area contributed by atoms with Gasteiger partial charge in [-0.15, -0.1) is 0 Å². The van der Waals surface area contributed by atoms with Gasteiger partial charge in [0.05, 0.1) is 12.7 Å². The summed E-state index contributed by atoms with van der Waals surface area (Å²) in [6, 6.07) is 10.1. The van der Waals surface area contributed by atoms with Crippen LogP contribution in [0.15, 0.2) is 24.3 Å². The van der Waals surface area contributed by atoms with Crippen molar-refractivity contribution in [2.75, 3.05) is 6.61 Å². The number of nitrogens with two attached hydrogens (primary N) is 1. The fourth-order valence-corrected chi connectivity index (χ4v) is 1.39. The summed E-state index contributed by atoms with van der Waals surface area (Å²) in [5, 5.41) is 8.76. The maximum Gasteiger partial charge on any atom is 0.119 e. The minimum Gasteiger partial charge on any atom is -0.493 e. The van der Waals surface area contributed by atoms with Crippen LogP contribution >= 0.6 is 0 Å². The van der Waals surface area contributed by atoms with Crippen LogP contribution in [0.1, 0.15) is 38.7 Å². The zero-order valence-corrected chi connectivity index (χ0v) is 10.7. The van der Waals surface area contributed by atoms with E-state index in [9.17, 15) is 0 Å². The number of rotatable bonds is 5. The molecule has 92 valence electrons. The Morgan fingerprint density at radius 2 is 1.94 bits per heavy atom. The zero-order valence-electron chi connectivity index (χ0n) is 10.7. The summed E-state index contributed by atoms with van der Waals surface area (Å²) in [6.45, 7) is 6.48. The van der Waals surface area contributed by atoms with E-state index < -0.39 is 5.54 Å². The fraction of sp³-hybridized carbons (Fsp3) is 0.500. The lowest BCUT2D eigenvalue weighted by Crippen LogP contribution is -2.35. The first kappa shape index (κ1) is 13.5. The third kappa shape index (κ3) is 4.46. The summed E-state index contributed by atoms with van der Waals surface area (Å²) < 4.78 is 5.55. The van der Waals surface area contributed by atoms with Gasteiger partial charge < -0.3 is 10.5 Å². The molecule has 0 aliphatic carbocycles. The molecule has 2 N–H and O–H groups in total. The van der Waals surface area contributed by atoms with Gasteiger partial charge in [0.25, 0.3) is 0 Å². The summed E-state index contributed by atoms with van der Waals surface area (Å²) in [5.74, 6) is 1.35. The standard InChI is InChI=1S/C14H20N2O/c1-11(2)12-4-6-13(7-5-12)17-9-8-14(3,16)10-15/h4-7,11H,8-9,16H2,1-3H3. The smallest absolute Gasteiger partial charge is 0.119 e. The molecule has 1 rings (SSSR count). The van der Waals surface area contributed by atoms with Gasteiger partial charge in [0, 0.05) is 6.42 Å². The maximum atomic E-state index is 8.76. The number of hydrogen-bond acceptors (Lipinski definition) is 3. The maximum absolute atomic E-state index is 8.76. The average Bonchev–Trinajstić information content (AvgIpc) is 2.29. The van der Waals surface area contributed by atoms with Crippen LogP contribution in [0.25, 0.3) is 0 Å². The Hall–Kier alpha value is -1.53. The summed E-state index contributed by atoms with van der Waals surface area (Å²) in [5.41, 5.74) is 6.19. The van der Waals surface area contributed by atoms with Crippen molar-refractivity contribution in [2.24, 2.45) is 5.73 Å². The van der Waals surface area contributed by atoms with Gasteiger partial charge in [0.2, 0.25) is 0 Å². The SMILES string of the molecule is CC(C)c1ccc(OCCC(C)(N)C#N)cc1. The van der Waals surface area contributed by atoms with E-state index in [1.165, 1.54) is 5.56 Å². The number of nitrogens with zero attached hydrogens (tertiary/aromatic N) is 1. The Kier molecular flexibility index (Phi) is 4.53. The molecule has 3 nitrogen and oxygen atoms in total. The van der Waals surface area contributed by atoms with E-state index in [1.54, 1.807) is 6.92 Å². The molecule has 1 aromatic carbocycles. The number of hydrogen-bond donors (Lipinski definition) is 1. The van der Waals surface area contributed by atoms with Gasteiger partial charge in [-0.2, -0.15) is 5.26 Å². The Morgan fingerprint density at radius 1 is 1.35 bits per heavy atom. The van der Waals surface area contributed by atoms with Crippen LogP contribution in [0.5, 0.6) is 5.75 Å². The Balaban J connectivity index is 2.46. The van der Waals surface area contributed by atoms with Crippen molar-refractivity contribution in [3.8, 4) is 11.8 Å². The van der Waals surface area contributed by atoms with Gasteiger partial charge in [0.1, 0.15) is 11.3 Å². The third-order valence-electron chi connectivity index (χ3n) is 2.69. The molecule has 3 heteroatoms. The molecular weight excluding hydrogens is 212 g/mol. The lowest BCUT2D eigenvalue weighted by molar-refractivity contribution is 0.286. The Labute approximate surface area is 103 Å². The van der Waals surface area contributed by atoms with Crippen molar-refractivity contribution in [1.82, 2.24) is 0 Å². The normalized spacial score (nSPS) is 14.1. The number of benzene rings is 1. The quantitative estimate of drug-likeness (QED) is 0.849. The van der Waals surface area contributed by atoms with Crippen molar-refractivity contribution in [1.29, 1.82) is 5.26 Å². The molecule has 0 fully saturated rings. The minimum absolute atomic E-state index is 0.460. The first-order chi connectivity index (χ1) is 7.94. The van der Waals surface area contributed by atoms with Gasteiger partial charge >= 0.3 is 0 Å². The highest BCUT2D eigenvalue weighted by Crippen LogP contribution is 2.19. The van der Waals surface area contributed by atoms with Crippen molar-refractivity contribution >= 4 is 0 Å². The van der Waals surface area contributed by atoms with Crippen LogP contribution in [0, 0.1) is 11.3 Å². The van der Waals surface area contributed by atoms with E-state index in [-0.39, 0.29) is 0 Å². The van der Waals surface area contributed by atoms with E-state index in [0.29, 0.717) is 18.9 Å². The van der Waals surface area contributed by atoms with Crippen LogP contribution in [0.3, 0.4) is 0 Å². The molecule has 0 saturated carbocycles. The monoisotopic (exact) mass is 232 g/mol. The number of nitriles is 1. The van der Waals surface area contributed by atoms with Crippen molar-refractivity contribution in [3.05, 3.63) is 29.8 Å². The highest BCUT2D eigenvalue weighted by molar-refractivity contribution is 5.28.